The van der Waals surface area contributed by atoms with Crippen LogP contribution in [0.15, 0.2) is 0 Å². The number of halogens is 1. The highest BCUT2D eigenvalue weighted by Crippen LogP contribution is 2.56. The maximum atomic E-state index is 6.55. The third-order valence-electron chi connectivity index (χ3n) is 4.32. The van der Waals surface area contributed by atoms with Crippen LogP contribution < -0.4 is 0 Å². The van der Waals surface area contributed by atoms with E-state index in [1.54, 1.807) is 0 Å². The van der Waals surface area contributed by atoms with Crippen molar-refractivity contribution >= 4 is 11.6 Å². The molecule has 1 heteroatoms. The van der Waals surface area contributed by atoms with Crippen molar-refractivity contribution in [2.75, 3.05) is 0 Å². The third kappa shape index (κ3) is 2.10. The summed E-state index contributed by atoms with van der Waals surface area (Å²) in [7, 11) is 0. The molecule has 4 unspecified atom stereocenters. The zero-order valence-electron chi connectivity index (χ0n) is 9.78. The summed E-state index contributed by atoms with van der Waals surface area (Å²) in [4.78, 5) is 0.0936. The molecule has 0 saturated heterocycles. The summed E-state index contributed by atoms with van der Waals surface area (Å²) in [6, 6.07) is 0. The van der Waals surface area contributed by atoms with E-state index in [4.69, 9.17) is 11.6 Å². The molecule has 0 spiro atoms. The van der Waals surface area contributed by atoms with Gasteiger partial charge in [0.15, 0.2) is 0 Å². The van der Waals surface area contributed by atoms with Gasteiger partial charge in [0, 0.05) is 4.87 Å². The Balaban J connectivity index is 2.13. The lowest BCUT2D eigenvalue weighted by atomic mass is 9.57. The lowest BCUT2D eigenvalue weighted by Gasteiger charge is -2.51. The lowest BCUT2D eigenvalue weighted by Crippen LogP contribution is -2.43. The Kier molecular flexibility index (Phi) is 2.62. The van der Waals surface area contributed by atoms with Gasteiger partial charge in [-0.15, -0.1) is 11.6 Å². The van der Waals surface area contributed by atoms with E-state index in [2.05, 4.69) is 20.8 Å². The molecule has 4 atom stereocenters. The highest BCUT2D eigenvalue weighted by Gasteiger charge is 2.46. The molecule has 0 nitrogen and oxygen atoms in total. The Morgan fingerprint density at radius 1 is 1.21 bits per heavy atom. The zero-order chi connectivity index (χ0) is 10.4. The van der Waals surface area contributed by atoms with Crippen molar-refractivity contribution in [3.63, 3.8) is 0 Å². The second kappa shape index (κ2) is 3.40. The molecule has 2 bridgehead atoms. The Hall–Kier alpha value is 0.290. The monoisotopic (exact) mass is 214 g/mol. The van der Waals surface area contributed by atoms with Crippen LogP contribution in [-0.4, -0.2) is 4.87 Å². The van der Waals surface area contributed by atoms with Crippen LogP contribution in [0.5, 0.6) is 0 Å². The maximum Gasteiger partial charge on any atom is 0.0426 e. The molecule has 2 rings (SSSR count). The van der Waals surface area contributed by atoms with Gasteiger partial charge in [-0.3, -0.25) is 0 Å². The van der Waals surface area contributed by atoms with E-state index in [-0.39, 0.29) is 4.87 Å². The van der Waals surface area contributed by atoms with E-state index in [0.717, 1.165) is 11.8 Å². The first-order valence-corrected chi connectivity index (χ1v) is 6.49. The molecule has 82 valence electrons. The molecular formula is C13H23Cl. The van der Waals surface area contributed by atoms with Crippen LogP contribution in [0, 0.1) is 17.3 Å². The topological polar surface area (TPSA) is 0 Å². The van der Waals surface area contributed by atoms with Crippen LogP contribution in [0.25, 0.3) is 0 Å². The quantitative estimate of drug-likeness (QED) is 0.560. The highest BCUT2D eigenvalue weighted by atomic mass is 35.5. The van der Waals surface area contributed by atoms with Crippen molar-refractivity contribution in [2.45, 2.75) is 64.2 Å². The molecule has 0 aromatic carbocycles. The Morgan fingerprint density at radius 3 is 2.50 bits per heavy atom. The van der Waals surface area contributed by atoms with E-state index in [9.17, 15) is 0 Å². The van der Waals surface area contributed by atoms with E-state index < -0.39 is 0 Å². The first kappa shape index (κ1) is 10.8. The van der Waals surface area contributed by atoms with Gasteiger partial charge in [-0.05, 0) is 56.3 Å². The summed E-state index contributed by atoms with van der Waals surface area (Å²) >= 11 is 6.55. The Morgan fingerprint density at radius 2 is 1.93 bits per heavy atom. The molecule has 0 aliphatic heterocycles. The molecule has 0 aromatic rings. The molecule has 0 heterocycles. The van der Waals surface area contributed by atoms with Crippen molar-refractivity contribution in [1.82, 2.24) is 0 Å². The summed E-state index contributed by atoms with van der Waals surface area (Å²) in [5.74, 6) is 1.89. The van der Waals surface area contributed by atoms with Crippen LogP contribution >= 0.6 is 11.6 Å². The molecule has 0 aromatic heterocycles. The van der Waals surface area contributed by atoms with E-state index in [0.29, 0.717) is 5.41 Å². The molecule has 2 saturated carbocycles. The zero-order valence-corrected chi connectivity index (χ0v) is 10.5. The van der Waals surface area contributed by atoms with E-state index in [1.165, 1.54) is 38.5 Å². The molecular weight excluding hydrogens is 192 g/mol. The van der Waals surface area contributed by atoms with Gasteiger partial charge < -0.3 is 0 Å². The minimum atomic E-state index is 0.0936. The van der Waals surface area contributed by atoms with Crippen molar-refractivity contribution in [3.05, 3.63) is 0 Å². The summed E-state index contributed by atoms with van der Waals surface area (Å²) in [5.41, 5.74) is 0.554. The number of hydrogen-bond acceptors (Lipinski definition) is 0. The van der Waals surface area contributed by atoms with Gasteiger partial charge in [-0.2, -0.15) is 0 Å². The molecule has 0 N–H and O–H groups in total. The summed E-state index contributed by atoms with van der Waals surface area (Å²) < 4.78 is 0. The number of alkyl halides is 1. The standard InChI is InChI=1S/C13H23Cl/c1-4-10-5-11-7-12(2,6-10)9-13(3,14)8-11/h10-11H,4-9H2,1-3H3. The van der Waals surface area contributed by atoms with Crippen LogP contribution in [0.1, 0.15) is 59.3 Å². The predicted molar refractivity (Wildman–Crippen MR) is 62.7 cm³/mol. The normalized spacial score (nSPS) is 53.1. The van der Waals surface area contributed by atoms with Gasteiger partial charge in [0.05, 0.1) is 0 Å². The summed E-state index contributed by atoms with van der Waals surface area (Å²) in [5, 5.41) is 0. The van der Waals surface area contributed by atoms with Crippen LogP contribution in [0.4, 0.5) is 0 Å². The number of fused-ring (bicyclic) bond motifs is 2. The lowest BCUT2D eigenvalue weighted by molar-refractivity contribution is 0.0355. The molecule has 0 amide bonds. The average molecular weight is 215 g/mol. The van der Waals surface area contributed by atoms with E-state index >= 15 is 0 Å². The van der Waals surface area contributed by atoms with E-state index in [1.807, 2.05) is 0 Å². The molecule has 2 aliphatic rings. The minimum absolute atomic E-state index is 0.0936. The van der Waals surface area contributed by atoms with Gasteiger partial charge in [0.25, 0.3) is 0 Å². The fraction of sp³-hybridized carbons (Fsp3) is 1.00. The fourth-order valence-corrected chi connectivity index (χ4v) is 4.83. The fourth-order valence-electron chi connectivity index (χ4n) is 4.29. The first-order valence-electron chi connectivity index (χ1n) is 6.11. The van der Waals surface area contributed by atoms with Gasteiger partial charge in [0.2, 0.25) is 0 Å². The first-order chi connectivity index (χ1) is 6.42. The highest BCUT2D eigenvalue weighted by molar-refractivity contribution is 6.23. The summed E-state index contributed by atoms with van der Waals surface area (Å²) in [6.07, 6.45) is 8.14. The van der Waals surface area contributed by atoms with Crippen LogP contribution in [0.2, 0.25) is 0 Å². The van der Waals surface area contributed by atoms with Crippen molar-refractivity contribution in [3.8, 4) is 0 Å². The third-order valence-corrected chi connectivity index (χ3v) is 4.60. The molecule has 2 aliphatic carbocycles. The predicted octanol–water partition coefficient (Wildman–Crippen LogP) is 4.61. The number of rotatable bonds is 1. The van der Waals surface area contributed by atoms with Crippen LogP contribution in [-0.2, 0) is 0 Å². The maximum absolute atomic E-state index is 6.55. The second-order valence-electron chi connectivity index (χ2n) is 6.39. The van der Waals surface area contributed by atoms with Gasteiger partial charge in [-0.1, -0.05) is 20.3 Å². The Labute approximate surface area is 93.4 Å². The minimum Gasteiger partial charge on any atom is -0.120 e. The largest absolute Gasteiger partial charge is 0.120 e. The smallest absolute Gasteiger partial charge is 0.0426 e. The van der Waals surface area contributed by atoms with Crippen molar-refractivity contribution in [1.29, 1.82) is 0 Å². The van der Waals surface area contributed by atoms with Gasteiger partial charge in [-0.25, -0.2) is 0 Å². The van der Waals surface area contributed by atoms with Gasteiger partial charge >= 0.3 is 0 Å². The molecule has 14 heavy (non-hydrogen) atoms. The number of hydrogen-bond donors (Lipinski definition) is 0. The van der Waals surface area contributed by atoms with Crippen molar-refractivity contribution in [2.24, 2.45) is 17.3 Å². The van der Waals surface area contributed by atoms with Crippen LogP contribution in [0.3, 0.4) is 0 Å². The second-order valence-corrected chi connectivity index (χ2v) is 7.30. The molecule has 0 radical (unpaired) electrons. The summed E-state index contributed by atoms with van der Waals surface area (Å²) in [6.45, 7) is 7.04. The average Bonchev–Trinajstić information content (AvgIpc) is 1.97. The Bertz CT molecular complexity index is 219. The van der Waals surface area contributed by atoms with Gasteiger partial charge in [0.1, 0.15) is 0 Å². The SMILES string of the molecule is CCC1CC2CC(C)(Cl)CC(C)(C1)C2. The van der Waals surface area contributed by atoms with Crippen molar-refractivity contribution < 1.29 is 0 Å². The molecule has 2 fully saturated rings.